The fourth-order valence-corrected chi connectivity index (χ4v) is 3.61. The van der Waals surface area contributed by atoms with Crippen LogP contribution in [0.3, 0.4) is 0 Å². The van der Waals surface area contributed by atoms with E-state index in [9.17, 15) is 10.2 Å². The zero-order valence-electron chi connectivity index (χ0n) is 11.1. The number of aromatic hydroxyl groups is 2. The monoisotopic (exact) mass is 400 g/mol. The molecule has 9 heteroatoms. The van der Waals surface area contributed by atoms with Gasteiger partial charge in [-0.05, 0) is 24.3 Å². The molecule has 0 saturated carbocycles. The fraction of sp³-hybridized carbons (Fsp3) is 0. The topological polar surface area (TPSA) is 40.5 Å². The van der Waals surface area contributed by atoms with E-state index in [2.05, 4.69) is 0 Å². The summed E-state index contributed by atoms with van der Waals surface area (Å²) in [6.45, 7) is 0. The van der Waals surface area contributed by atoms with Crippen LogP contribution in [-0.2, 0) is 0 Å². The molecular weight excluding hydrogens is 396 g/mol. The molecule has 0 amide bonds. The van der Waals surface area contributed by atoms with Crippen LogP contribution in [0.5, 0.6) is 11.5 Å². The Labute approximate surface area is 190 Å². The first kappa shape index (κ1) is 22.6. The Morgan fingerprint density at radius 1 is 0.667 bits per heavy atom. The van der Waals surface area contributed by atoms with Crippen LogP contribution in [0.1, 0.15) is 0 Å². The zero-order chi connectivity index (χ0) is 14.2. The van der Waals surface area contributed by atoms with Crippen LogP contribution in [0.4, 0.5) is 0 Å². The van der Waals surface area contributed by atoms with E-state index < -0.39 is 0 Å². The van der Waals surface area contributed by atoms with E-state index >= 15 is 0 Å². The number of phenolic OH excluding ortho intramolecular Hbond substituents is 2. The molecule has 0 aliphatic heterocycles. The molecule has 0 bridgehead atoms. The smallest absolute Gasteiger partial charge is 0.148 e. The van der Waals surface area contributed by atoms with E-state index in [0.29, 0.717) is 19.8 Å². The second-order valence-corrected chi connectivity index (χ2v) is 6.34. The summed E-state index contributed by atoms with van der Waals surface area (Å²) in [6.07, 6.45) is 0. The first-order valence-corrected chi connectivity index (χ1v) is 7.25. The van der Waals surface area contributed by atoms with Crippen molar-refractivity contribution in [1.82, 2.24) is 0 Å². The van der Waals surface area contributed by atoms with E-state index in [-0.39, 0.29) is 80.7 Å². The maximum Gasteiger partial charge on any atom is 0.148 e. The molecule has 2 nitrogen and oxygen atoms in total. The van der Waals surface area contributed by atoms with Crippen molar-refractivity contribution < 1.29 is 10.2 Å². The van der Waals surface area contributed by atoms with Gasteiger partial charge in [0, 0.05) is 69.2 Å². The third-order valence-corrected chi connectivity index (χ3v) is 4.28. The summed E-state index contributed by atoms with van der Waals surface area (Å²) in [5.74, 6) is -0.238. The minimum absolute atomic E-state index is 0. The number of hydrogen-bond donors (Lipinski definition) is 2. The maximum absolute atomic E-state index is 9.85. The predicted molar refractivity (Wildman–Crippen MR) is 91.9 cm³/mol. The molecule has 0 spiro atoms. The molecule has 2 aromatic carbocycles. The molecule has 0 heterocycles. The molecule has 2 radical (unpaired) electrons. The van der Waals surface area contributed by atoms with Gasteiger partial charge in [0.1, 0.15) is 11.5 Å². The van der Waals surface area contributed by atoms with Crippen molar-refractivity contribution in [3.63, 3.8) is 0 Å². The van der Waals surface area contributed by atoms with E-state index in [4.69, 9.17) is 46.4 Å². The Morgan fingerprint density at radius 2 is 1.00 bits per heavy atom. The van der Waals surface area contributed by atoms with Gasteiger partial charge < -0.3 is 10.2 Å². The van der Waals surface area contributed by atoms with E-state index in [0.717, 1.165) is 11.8 Å². The molecule has 0 fully saturated rings. The number of halogens is 4. The van der Waals surface area contributed by atoms with Crippen LogP contribution in [0.15, 0.2) is 34.1 Å². The quantitative estimate of drug-likeness (QED) is 0.687. The van der Waals surface area contributed by atoms with Crippen molar-refractivity contribution in [3.05, 3.63) is 44.4 Å². The molecule has 0 unspecified atom stereocenters. The Hall–Kier alpha value is 1.55. The maximum atomic E-state index is 9.85. The van der Waals surface area contributed by atoms with Gasteiger partial charge in [-0.1, -0.05) is 58.2 Å². The molecule has 0 saturated heterocycles. The Morgan fingerprint density at radius 3 is 1.33 bits per heavy atom. The van der Waals surface area contributed by atoms with Gasteiger partial charge in [0.15, 0.2) is 0 Å². The van der Waals surface area contributed by atoms with Gasteiger partial charge in [-0.25, -0.2) is 0 Å². The van der Waals surface area contributed by atoms with Gasteiger partial charge in [-0.2, -0.15) is 0 Å². The SMILES string of the molecule is Oc1c(Cl)cc(Cl)cc1Sc1cc(Cl)cc(Cl)c1O.[Na].[Na]. The van der Waals surface area contributed by atoms with Gasteiger partial charge in [0.2, 0.25) is 0 Å². The number of rotatable bonds is 2. The third-order valence-electron chi connectivity index (χ3n) is 2.21. The van der Waals surface area contributed by atoms with Crippen LogP contribution < -0.4 is 0 Å². The summed E-state index contributed by atoms with van der Waals surface area (Å²) in [7, 11) is 0. The Kier molecular flexibility index (Phi) is 10.5. The normalized spacial score (nSPS) is 9.71. The summed E-state index contributed by atoms with van der Waals surface area (Å²) in [5, 5.41) is 20.7. The van der Waals surface area contributed by atoms with E-state index in [1.807, 2.05) is 0 Å². The summed E-state index contributed by atoms with van der Waals surface area (Å²) in [5.41, 5.74) is 0. The molecule has 0 atom stereocenters. The minimum atomic E-state index is -0.119. The molecule has 2 N–H and O–H groups in total. The van der Waals surface area contributed by atoms with Gasteiger partial charge in [0.25, 0.3) is 0 Å². The Bertz CT molecular complexity index is 600. The van der Waals surface area contributed by atoms with E-state index in [1.54, 1.807) is 0 Å². The Balaban J connectivity index is 0.00000200. The molecule has 0 aromatic heterocycles. The summed E-state index contributed by atoms with van der Waals surface area (Å²) < 4.78 is 0. The first-order chi connectivity index (χ1) is 8.88. The molecule has 102 valence electrons. The number of hydrogen-bond acceptors (Lipinski definition) is 3. The summed E-state index contributed by atoms with van der Waals surface area (Å²) in [4.78, 5) is 0.789. The van der Waals surface area contributed by atoms with Gasteiger partial charge >= 0.3 is 0 Å². The van der Waals surface area contributed by atoms with Gasteiger partial charge in [-0.15, -0.1) is 0 Å². The van der Waals surface area contributed by atoms with Crippen LogP contribution in [0.2, 0.25) is 20.1 Å². The van der Waals surface area contributed by atoms with E-state index in [1.165, 1.54) is 24.3 Å². The van der Waals surface area contributed by atoms with Gasteiger partial charge in [0.05, 0.1) is 19.8 Å². The average molecular weight is 402 g/mol. The summed E-state index contributed by atoms with van der Waals surface area (Å²) >= 11 is 24.4. The van der Waals surface area contributed by atoms with Gasteiger partial charge in [-0.3, -0.25) is 0 Å². The largest absolute Gasteiger partial charge is 0.505 e. The van der Waals surface area contributed by atoms with Crippen LogP contribution in [0, 0.1) is 0 Å². The van der Waals surface area contributed by atoms with Crippen LogP contribution in [0.25, 0.3) is 0 Å². The molecule has 2 rings (SSSR count). The molecule has 21 heavy (non-hydrogen) atoms. The van der Waals surface area contributed by atoms with Crippen LogP contribution >= 0.6 is 58.2 Å². The second-order valence-electron chi connectivity index (χ2n) is 3.57. The second kappa shape index (κ2) is 9.75. The number of benzene rings is 2. The number of phenols is 2. The molecule has 0 aliphatic rings. The first-order valence-electron chi connectivity index (χ1n) is 4.92. The predicted octanol–water partition coefficient (Wildman–Crippen LogP) is 5.10. The fourth-order valence-electron chi connectivity index (χ4n) is 1.36. The van der Waals surface area contributed by atoms with Crippen molar-refractivity contribution in [2.24, 2.45) is 0 Å². The standard InChI is InChI=1S/C12H6Cl4O2S.2Na/c13-5-1-7(15)11(17)9(3-5)19-10-4-6(14)2-8(16)12(10)18;;/h1-4,17-18H;;. The molecular formula is C12H6Cl4Na2O2S. The van der Waals surface area contributed by atoms with Crippen molar-refractivity contribution in [1.29, 1.82) is 0 Å². The minimum Gasteiger partial charge on any atom is -0.505 e. The molecule has 2 aromatic rings. The van der Waals surface area contributed by atoms with Crippen molar-refractivity contribution in [2.45, 2.75) is 9.79 Å². The van der Waals surface area contributed by atoms with Crippen molar-refractivity contribution in [2.75, 3.05) is 0 Å². The van der Waals surface area contributed by atoms with Crippen molar-refractivity contribution >= 4 is 117 Å². The van der Waals surface area contributed by atoms with Crippen molar-refractivity contribution in [3.8, 4) is 11.5 Å². The third kappa shape index (κ3) is 5.84. The average Bonchev–Trinajstić information content (AvgIpc) is 2.31. The molecule has 0 aliphatic carbocycles. The zero-order valence-corrected chi connectivity index (χ0v) is 19.0. The van der Waals surface area contributed by atoms with Crippen LogP contribution in [-0.4, -0.2) is 69.3 Å². The summed E-state index contributed by atoms with van der Waals surface area (Å²) in [6, 6.07) is 5.91.